The molecule has 0 amide bonds. The van der Waals surface area contributed by atoms with Crippen molar-refractivity contribution >= 4 is 11.5 Å². The molecule has 0 aliphatic heterocycles. The molecule has 2 aromatic heterocycles. The first-order valence-electron chi connectivity index (χ1n) is 6.06. The number of rotatable bonds is 6. The molecule has 0 aliphatic carbocycles. The molecule has 0 saturated heterocycles. The Morgan fingerprint density at radius 1 is 1.30 bits per heavy atom. The van der Waals surface area contributed by atoms with Crippen molar-refractivity contribution in [1.82, 2.24) is 9.97 Å². The van der Waals surface area contributed by atoms with Crippen molar-refractivity contribution in [3.8, 4) is 0 Å². The maximum absolute atomic E-state index is 10.6. The highest BCUT2D eigenvalue weighted by molar-refractivity contribution is 5.47. The number of hydrogen-bond donors (Lipinski definition) is 1. The van der Waals surface area contributed by atoms with Gasteiger partial charge in [0.15, 0.2) is 6.20 Å². The number of aromatic nitrogens is 2. The largest absolute Gasteiger partial charge is 0.395 e. The third-order valence-corrected chi connectivity index (χ3v) is 2.75. The fourth-order valence-electron chi connectivity index (χ4n) is 1.81. The van der Waals surface area contributed by atoms with Crippen LogP contribution in [0.15, 0.2) is 42.9 Å². The van der Waals surface area contributed by atoms with Crippen molar-refractivity contribution in [2.24, 2.45) is 0 Å². The van der Waals surface area contributed by atoms with Crippen molar-refractivity contribution in [2.75, 3.05) is 18.1 Å². The Hall–Kier alpha value is -2.54. The molecule has 104 valence electrons. The van der Waals surface area contributed by atoms with Gasteiger partial charge in [-0.25, -0.2) is 0 Å². The predicted octanol–water partition coefficient (Wildman–Crippen LogP) is 1.38. The molecule has 0 unspecified atom stereocenters. The van der Waals surface area contributed by atoms with Crippen molar-refractivity contribution in [1.29, 1.82) is 0 Å². The standard InChI is InChI=1S/C13H14N4O3/c18-7-6-16(10-11-2-1-5-14-8-11)12-3-4-13(15-9-12)17(19)20/h1-5,8-9,18H,6-7,10H2. The molecule has 2 rings (SSSR count). The number of aliphatic hydroxyl groups is 1. The lowest BCUT2D eigenvalue weighted by atomic mass is 10.2. The highest BCUT2D eigenvalue weighted by atomic mass is 16.6. The number of pyridine rings is 2. The van der Waals surface area contributed by atoms with E-state index < -0.39 is 4.92 Å². The first kappa shape index (κ1) is 13.9. The van der Waals surface area contributed by atoms with Crippen molar-refractivity contribution in [2.45, 2.75) is 6.54 Å². The van der Waals surface area contributed by atoms with Gasteiger partial charge in [-0.2, -0.15) is 0 Å². The molecule has 7 heteroatoms. The van der Waals surface area contributed by atoms with Crippen LogP contribution in [0.3, 0.4) is 0 Å². The fourth-order valence-corrected chi connectivity index (χ4v) is 1.81. The van der Waals surface area contributed by atoms with Crippen LogP contribution >= 0.6 is 0 Å². The highest BCUT2D eigenvalue weighted by Gasteiger charge is 2.12. The van der Waals surface area contributed by atoms with E-state index in [9.17, 15) is 10.1 Å². The van der Waals surface area contributed by atoms with Crippen LogP contribution in [0, 0.1) is 10.1 Å². The molecule has 2 heterocycles. The summed E-state index contributed by atoms with van der Waals surface area (Å²) in [7, 11) is 0. The van der Waals surface area contributed by atoms with Gasteiger partial charge in [0.2, 0.25) is 0 Å². The van der Waals surface area contributed by atoms with E-state index in [1.807, 2.05) is 17.0 Å². The number of nitro groups is 1. The molecule has 0 bridgehead atoms. The van der Waals surface area contributed by atoms with Crippen LogP contribution in [0.4, 0.5) is 11.5 Å². The van der Waals surface area contributed by atoms with Crippen molar-refractivity contribution < 1.29 is 10.0 Å². The minimum atomic E-state index is -0.540. The van der Waals surface area contributed by atoms with Gasteiger partial charge in [0.05, 0.1) is 12.3 Å². The molecular weight excluding hydrogens is 260 g/mol. The zero-order valence-electron chi connectivity index (χ0n) is 10.7. The summed E-state index contributed by atoms with van der Waals surface area (Å²) < 4.78 is 0. The molecule has 2 aromatic rings. The number of nitrogens with zero attached hydrogens (tertiary/aromatic N) is 4. The van der Waals surface area contributed by atoms with Gasteiger partial charge in [-0.15, -0.1) is 0 Å². The SMILES string of the molecule is O=[N+]([O-])c1ccc(N(CCO)Cc2cccnc2)cn1. The summed E-state index contributed by atoms with van der Waals surface area (Å²) in [4.78, 5) is 19.7. The van der Waals surface area contributed by atoms with Gasteiger partial charge < -0.3 is 20.1 Å². The Bertz CT molecular complexity index is 560. The Morgan fingerprint density at radius 3 is 2.70 bits per heavy atom. The maximum atomic E-state index is 10.6. The lowest BCUT2D eigenvalue weighted by Gasteiger charge is -2.22. The van der Waals surface area contributed by atoms with Crippen LogP contribution < -0.4 is 4.90 Å². The molecule has 0 saturated carbocycles. The Labute approximate surface area is 115 Å². The van der Waals surface area contributed by atoms with Crippen LogP contribution in [-0.2, 0) is 6.54 Å². The van der Waals surface area contributed by atoms with Crippen LogP contribution in [0.5, 0.6) is 0 Å². The molecule has 0 atom stereocenters. The summed E-state index contributed by atoms with van der Waals surface area (Å²) in [6.45, 7) is 0.944. The third-order valence-electron chi connectivity index (χ3n) is 2.75. The van der Waals surface area contributed by atoms with Gasteiger partial charge in [-0.05, 0) is 27.6 Å². The molecule has 0 fully saturated rings. The molecule has 0 aliphatic rings. The molecule has 20 heavy (non-hydrogen) atoms. The van der Waals surface area contributed by atoms with Gasteiger partial charge in [-0.1, -0.05) is 6.07 Å². The van der Waals surface area contributed by atoms with E-state index in [1.54, 1.807) is 18.5 Å². The highest BCUT2D eigenvalue weighted by Crippen LogP contribution is 2.18. The minimum Gasteiger partial charge on any atom is -0.395 e. The third kappa shape index (κ3) is 3.48. The monoisotopic (exact) mass is 274 g/mol. The fraction of sp³-hybridized carbons (Fsp3) is 0.231. The normalized spacial score (nSPS) is 10.2. The summed E-state index contributed by atoms with van der Waals surface area (Å²) in [6.07, 6.45) is 4.86. The van der Waals surface area contributed by atoms with Gasteiger partial charge in [0.1, 0.15) is 0 Å². The van der Waals surface area contributed by atoms with Gasteiger partial charge in [0.25, 0.3) is 0 Å². The first-order chi connectivity index (χ1) is 9.70. The second-order valence-corrected chi connectivity index (χ2v) is 4.14. The quantitative estimate of drug-likeness (QED) is 0.632. The Morgan fingerprint density at radius 2 is 2.15 bits per heavy atom. The van der Waals surface area contributed by atoms with Crippen LogP contribution in [-0.4, -0.2) is 33.1 Å². The lowest BCUT2D eigenvalue weighted by molar-refractivity contribution is -0.389. The van der Waals surface area contributed by atoms with E-state index in [4.69, 9.17) is 5.11 Å². The number of hydrogen-bond acceptors (Lipinski definition) is 6. The van der Waals surface area contributed by atoms with E-state index >= 15 is 0 Å². The zero-order valence-corrected chi connectivity index (χ0v) is 10.7. The van der Waals surface area contributed by atoms with Crippen LogP contribution in [0.2, 0.25) is 0 Å². The first-order valence-corrected chi connectivity index (χ1v) is 6.06. The molecule has 1 N–H and O–H groups in total. The molecule has 0 spiro atoms. The van der Waals surface area contributed by atoms with Crippen LogP contribution in [0.25, 0.3) is 0 Å². The predicted molar refractivity (Wildman–Crippen MR) is 73.3 cm³/mol. The number of aliphatic hydroxyl groups excluding tert-OH is 1. The summed E-state index contributed by atoms with van der Waals surface area (Å²) >= 11 is 0. The maximum Gasteiger partial charge on any atom is 0.363 e. The molecular formula is C13H14N4O3. The van der Waals surface area contributed by atoms with E-state index in [0.717, 1.165) is 5.56 Å². The van der Waals surface area contributed by atoms with E-state index in [1.165, 1.54) is 12.3 Å². The molecule has 0 aromatic carbocycles. The van der Waals surface area contributed by atoms with E-state index in [-0.39, 0.29) is 12.4 Å². The summed E-state index contributed by atoms with van der Waals surface area (Å²) in [6, 6.07) is 6.73. The van der Waals surface area contributed by atoms with Gasteiger partial charge >= 0.3 is 5.82 Å². The second kappa shape index (κ2) is 6.58. The summed E-state index contributed by atoms with van der Waals surface area (Å²) in [5, 5.41) is 19.7. The van der Waals surface area contributed by atoms with Gasteiger partial charge in [0, 0.05) is 31.5 Å². The Kier molecular flexibility index (Phi) is 4.56. The van der Waals surface area contributed by atoms with Gasteiger partial charge in [-0.3, -0.25) is 4.98 Å². The van der Waals surface area contributed by atoms with E-state index in [0.29, 0.717) is 18.8 Å². The average molecular weight is 274 g/mol. The van der Waals surface area contributed by atoms with Crippen LogP contribution in [0.1, 0.15) is 5.56 Å². The number of anilines is 1. The average Bonchev–Trinajstić information content (AvgIpc) is 2.48. The molecule has 0 radical (unpaired) electrons. The summed E-state index contributed by atoms with van der Waals surface area (Å²) in [5.41, 5.74) is 1.70. The Balaban J connectivity index is 2.17. The smallest absolute Gasteiger partial charge is 0.363 e. The lowest BCUT2D eigenvalue weighted by Crippen LogP contribution is -2.26. The van der Waals surface area contributed by atoms with E-state index in [2.05, 4.69) is 9.97 Å². The minimum absolute atomic E-state index is 0.0166. The molecule has 7 nitrogen and oxygen atoms in total. The zero-order chi connectivity index (χ0) is 14.4. The van der Waals surface area contributed by atoms with Crippen molar-refractivity contribution in [3.63, 3.8) is 0 Å². The summed E-state index contributed by atoms with van der Waals surface area (Å²) in [5.74, 6) is -0.195. The topological polar surface area (TPSA) is 92.4 Å². The van der Waals surface area contributed by atoms with Crippen molar-refractivity contribution in [3.05, 3.63) is 58.5 Å². The second-order valence-electron chi connectivity index (χ2n) is 4.14.